The summed E-state index contributed by atoms with van der Waals surface area (Å²) in [5.41, 5.74) is 0.704. The summed E-state index contributed by atoms with van der Waals surface area (Å²) in [5, 5.41) is 0. The lowest BCUT2D eigenvalue weighted by Gasteiger charge is -2.14. The fraction of sp³-hybridized carbons (Fsp3) is 0.500. The van der Waals surface area contributed by atoms with Gasteiger partial charge in [0.05, 0.1) is 7.11 Å². The third-order valence-corrected chi connectivity index (χ3v) is 2.68. The average molecular weight is 214 g/mol. The van der Waals surface area contributed by atoms with Crippen molar-refractivity contribution in [2.45, 2.75) is 32.6 Å². The van der Waals surface area contributed by atoms with E-state index >= 15 is 0 Å². The van der Waals surface area contributed by atoms with Crippen LogP contribution in [0, 0.1) is 11.6 Å². The Morgan fingerprint density at radius 1 is 1.13 bits per heavy atom. The van der Waals surface area contributed by atoms with Gasteiger partial charge in [0.15, 0.2) is 17.4 Å². The number of hydrogen-bond acceptors (Lipinski definition) is 1. The molecule has 3 heteroatoms. The Balaban J connectivity index is 3.12. The summed E-state index contributed by atoms with van der Waals surface area (Å²) < 4.78 is 31.4. The first-order valence-corrected chi connectivity index (χ1v) is 5.16. The van der Waals surface area contributed by atoms with Crippen LogP contribution in [0.3, 0.4) is 0 Å². The maximum absolute atomic E-state index is 13.4. The van der Waals surface area contributed by atoms with Crippen molar-refractivity contribution < 1.29 is 13.5 Å². The van der Waals surface area contributed by atoms with Crippen molar-refractivity contribution in [1.82, 2.24) is 0 Å². The molecular weight excluding hydrogens is 198 g/mol. The molecule has 0 bridgehead atoms. The second kappa shape index (κ2) is 5.10. The fourth-order valence-corrected chi connectivity index (χ4v) is 1.77. The van der Waals surface area contributed by atoms with Crippen LogP contribution in [-0.2, 0) is 0 Å². The van der Waals surface area contributed by atoms with Gasteiger partial charge in [-0.25, -0.2) is 8.78 Å². The van der Waals surface area contributed by atoms with E-state index in [0.717, 1.165) is 12.8 Å². The van der Waals surface area contributed by atoms with Crippen LogP contribution in [0.1, 0.15) is 38.2 Å². The number of benzene rings is 1. The summed E-state index contributed by atoms with van der Waals surface area (Å²) in [6.45, 7) is 4.02. The number of ether oxygens (including phenoxy) is 1. The molecule has 1 rings (SSSR count). The topological polar surface area (TPSA) is 9.23 Å². The summed E-state index contributed by atoms with van der Waals surface area (Å²) in [6, 6.07) is 2.72. The third kappa shape index (κ3) is 2.46. The minimum atomic E-state index is -0.626. The summed E-state index contributed by atoms with van der Waals surface area (Å²) >= 11 is 0. The number of halogens is 2. The van der Waals surface area contributed by atoms with E-state index in [4.69, 9.17) is 0 Å². The standard InChI is InChI=1S/C12H16F2O/c1-4-8(5-2)9-6-10(13)12(15-3)11(14)7-9/h6-8H,4-5H2,1-3H3. The molecule has 0 atom stereocenters. The molecule has 1 aromatic rings. The molecule has 0 spiro atoms. The molecule has 1 nitrogen and oxygen atoms in total. The monoisotopic (exact) mass is 214 g/mol. The minimum Gasteiger partial charge on any atom is -0.491 e. The van der Waals surface area contributed by atoms with Gasteiger partial charge in [-0.1, -0.05) is 13.8 Å². The second-order valence-corrected chi connectivity index (χ2v) is 3.53. The van der Waals surface area contributed by atoms with Gasteiger partial charge in [-0.05, 0) is 36.5 Å². The predicted molar refractivity (Wildman–Crippen MR) is 56.2 cm³/mol. The molecule has 0 aliphatic carbocycles. The third-order valence-electron chi connectivity index (χ3n) is 2.68. The molecule has 0 aromatic heterocycles. The predicted octanol–water partition coefficient (Wildman–Crippen LogP) is 3.88. The van der Waals surface area contributed by atoms with Crippen molar-refractivity contribution in [1.29, 1.82) is 0 Å². The molecule has 0 unspecified atom stereocenters. The largest absolute Gasteiger partial charge is 0.491 e. The molecule has 0 heterocycles. The van der Waals surface area contributed by atoms with Gasteiger partial charge in [-0.15, -0.1) is 0 Å². The molecule has 0 saturated carbocycles. The first kappa shape index (κ1) is 12.0. The zero-order chi connectivity index (χ0) is 11.4. The van der Waals surface area contributed by atoms with Crippen LogP contribution in [0.25, 0.3) is 0 Å². The first-order valence-electron chi connectivity index (χ1n) is 5.16. The van der Waals surface area contributed by atoms with E-state index in [-0.39, 0.29) is 11.7 Å². The van der Waals surface area contributed by atoms with Gasteiger partial charge in [-0.3, -0.25) is 0 Å². The lowest BCUT2D eigenvalue weighted by molar-refractivity contribution is 0.358. The van der Waals surface area contributed by atoms with Gasteiger partial charge in [0.25, 0.3) is 0 Å². The normalized spacial score (nSPS) is 10.8. The molecule has 0 N–H and O–H groups in total. The number of hydrogen-bond donors (Lipinski definition) is 0. The highest BCUT2D eigenvalue weighted by Gasteiger charge is 2.15. The Bertz CT molecular complexity index is 309. The molecule has 0 aliphatic heterocycles. The Labute approximate surface area is 89.1 Å². The molecule has 1 aromatic carbocycles. The molecule has 0 aliphatic rings. The van der Waals surface area contributed by atoms with Gasteiger partial charge >= 0.3 is 0 Å². The van der Waals surface area contributed by atoms with Crippen molar-refractivity contribution in [3.63, 3.8) is 0 Å². The molecular formula is C12H16F2O. The van der Waals surface area contributed by atoms with E-state index in [1.807, 2.05) is 13.8 Å². The lowest BCUT2D eigenvalue weighted by atomic mass is 9.94. The Morgan fingerprint density at radius 3 is 1.93 bits per heavy atom. The van der Waals surface area contributed by atoms with Crippen LogP contribution in [-0.4, -0.2) is 7.11 Å². The van der Waals surface area contributed by atoms with Crippen LogP contribution in [0.15, 0.2) is 12.1 Å². The van der Waals surface area contributed by atoms with Crippen LogP contribution < -0.4 is 4.74 Å². The fourth-order valence-electron chi connectivity index (χ4n) is 1.77. The van der Waals surface area contributed by atoms with Crippen LogP contribution in [0.2, 0.25) is 0 Å². The molecule has 0 radical (unpaired) electrons. The molecule has 0 saturated heterocycles. The number of methoxy groups -OCH3 is 1. The quantitative estimate of drug-likeness (QED) is 0.739. The maximum atomic E-state index is 13.4. The lowest BCUT2D eigenvalue weighted by Crippen LogP contribution is -2.00. The van der Waals surface area contributed by atoms with E-state index in [1.54, 1.807) is 0 Å². The van der Waals surface area contributed by atoms with Crippen LogP contribution >= 0.6 is 0 Å². The smallest absolute Gasteiger partial charge is 0.190 e. The average Bonchev–Trinajstić information content (AvgIpc) is 2.19. The van der Waals surface area contributed by atoms with E-state index < -0.39 is 11.6 Å². The van der Waals surface area contributed by atoms with Crippen molar-refractivity contribution in [2.24, 2.45) is 0 Å². The van der Waals surface area contributed by atoms with Crippen molar-refractivity contribution in [2.75, 3.05) is 7.11 Å². The van der Waals surface area contributed by atoms with Gasteiger partial charge < -0.3 is 4.74 Å². The molecule has 15 heavy (non-hydrogen) atoms. The van der Waals surface area contributed by atoms with Crippen molar-refractivity contribution in [3.05, 3.63) is 29.3 Å². The highest BCUT2D eigenvalue weighted by molar-refractivity contribution is 5.33. The summed E-state index contributed by atoms with van der Waals surface area (Å²) in [7, 11) is 1.26. The van der Waals surface area contributed by atoms with Gasteiger partial charge in [0.2, 0.25) is 0 Å². The second-order valence-electron chi connectivity index (χ2n) is 3.53. The zero-order valence-electron chi connectivity index (χ0n) is 9.31. The SMILES string of the molecule is CCC(CC)c1cc(F)c(OC)c(F)c1. The summed E-state index contributed by atoms with van der Waals surface area (Å²) in [4.78, 5) is 0. The van der Waals surface area contributed by atoms with Crippen molar-refractivity contribution in [3.8, 4) is 5.75 Å². The minimum absolute atomic E-state index is 0.208. The Hall–Kier alpha value is -1.12. The molecule has 0 fully saturated rings. The van der Waals surface area contributed by atoms with E-state index in [1.165, 1.54) is 19.2 Å². The molecule has 84 valence electrons. The Morgan fingerprint density at radius 2 is 1.60 bits per heavy atom. The molecule has 0 amide bonds. The van der Waals surface area contributed by atoms with E-state index in [2.05, 4.69) is 4.74 Å². The summed E-state index contributed by atoms with van der Waals surface area (Å²) in [6.07, 6.45) is 1.75. The van der Waals surface area contributed by atoms with Crippen LogP contribution in [0.5, 0.6) is 5.75 Å². The summed E-state index contributed by atoms with van der Waals surface area (Å²) in [5.74, 6) is -1.34. The highest BCUT2D eigenvalue weighted by Crippen LogP contribution is 2.29. The van der Waals surface area contributed by atoms with E-state index in [9.17, 15) is 8.78 Å². The van der Waals surface area contributed by atoms with E-state index in [0.29, 0.717) is 5.56 Å². The van der Waals surface area contributed by atoms with Crippen molar-refractivity contribution >= 4 is 0 Å². The van der Waals surface area contributed by atoms with Gasteiger partial charge in [0, 0.05) is 0 Å². The highest BCUT2D eigenvalue weighted by atomic mass is 19.1. The Kier molecular flexibility index (Phi) is 4.06. The zero-order valence-corrected chi connectivity index (χ0v) is 9.31. The number of rotatable bonds is 4. The van der Waals surface area contributed by atoms with Crippen LogP contribution in [0.4, 0.5) is 8.78 Å². The maximum Gasteiger partial charge on any atom is 0.190 e. The van der Waals surface area contributed by atoms with Gasteiger partial charge in [0.1, 0.15) is 0 Å². The van der Waals surface area contributed by atoms with Gasteiger partial charge in [-0.2, -0.15) is 0 Å². The first-order chi connectivity index (χ1) is 7.13.